The zero-order chi connectivity index (χ0) is 11.7. The van der Waals surface area contributed by atoms with E-state index in [0.29, 0.717) is 6.04 Å². The van der Waals surface area contributed by atoms with E-state index in [1.165, 1.54) is 5.39 Å². The molecule has 3 nitrogen and oxygen atoms in total. The monoisotopic (exact) mass is 225 g/mol. The van der Waals surface area contributed by atoms with Crippen LogP contribution in [0.4, 0.5) is 5.82 Å². The standard InChI is InChI=1S/C14H15N3/c1-10-12-8-4-5-9-13(12)14(17-16-10)15-11-6-2-3-7-11/h2-5,8-9,11H,6-7H2,1H3,(H,15,17). The Morgan fingerprint density at radius 1 is 1.06 bits per heavy atom. The molecular weight excluding hydrogens is 210 g/mol. The van der Waals surface area contributed by atoms with Crippen molar-refractivity contribution in [3.8, 4) is 0 Å². The minimum atomic E-state index is 0.468. The highest BCUT2D eigenvalue weighted by Gasteiger charge is 2.13. The van der Waals surface area contributed by atoms with Crippen LogP contribution in [0.25, 0.3) is 10.8 Å². The third-order valence-corrected chi connectivity index (χ3v) is 3.22. The van der Waals surface area contributed by atoms with Gasteiger partial charge in [0.2, 0.25) is 0 Å². The van der Waals surface area contributed by atoms with Gasteiger partial charge < -0.3 is 5.32 Å². The summed E-state index contributed by atoms with van der Waals surface area (Å²) in [6.07, 6.45) is 6.57. The van der Waals surface area contributed by atoms with Gasteiger partial charge in [0.15, 0.2) is 5.82 Å². The van der Waals surface area contributed by atoms with Gasteiger partial charge in [-0.1, -0.05) is 36.4 Å². The molecule has 0 spiro atoms. The van der Waals surface area contributed by atoms with Gasteiger partial charge in [-0.05, 0) is 19.8 Å². The molecular formula is C14H15N3. The number of aryl methyl sites for hydroxylation is 1. The van der Waals surface area contributed by atoms with Crippen molar-refractivity contribution in [2.45, 2.75) is 25.8 Å². The molecule has 0 aliphatic heterocycles. The summed E-state index contributed by atoms with van der Waals surface area (Å²) in [7, 11) is 0. The molecule has 3 heteroatoms. The van der Waals surface area contributed by atoms with Crippen LogP contribution in [0.2, 0.25) is 0 Å². The molecule has 0 atom stereocenters. The second-order valence-electron chi connectivity index (χ2n) is 4.46. The van der Waals surface area contributed by atoms with Gasteiger partial charge in [-0.15, -0.1) is 5.10 Å². The highest BCUT2D eigenvalue weighted by atomic mass is 15.2. The summed E-state index contributed by atoms with van der Waals surface area (Å²) in [5.41, 5.74) is 0.982. The number of hydrogen-bond acceptors (Lipinski definition) is 3. The van der Waals surface area contributed by atoms with Crippen LogP contribution in [-0.4, -0.2) is 16.2 Å². The van der Waals surface area contributed by atoms with Gasteiger partial charge in [0.1, 0.15) is 0 Å². The van der Waals surface area contributed by atoms with E-state index in [-0.39, 0.29) is 0 Å². The lowest BCUT2D eigenvalue weighted by atomic mass is 10.1. The van der Waals surface area contributed by atoms with E-state index < -0.39 is 0 Å². The van der Waals surface area contributed by atoms with E-state index >= 15 is 0 Å². The first-order valence-corrected chi connectivity index (χ1v) is 5.98. The average molecular weight is 225 g/mol. The molecule has 1 aromatic heterocycles. The predicted octanol–water partition coefficient (Wildman–Crippen LogP) is 3.07. The molecule has 2 aromatic rings. The first-order chi connectivity index (χ1) is 8.34. The van der Waals surface area contributed by atoms with Crippen LogP contribution in [0, 0.1) is 6.92 Å². The molecule has 1 aliphatic rings. The Balaban J connectivity index is 2.01. The molecule has 0 bridgehead atoms. The summed E-state index contributed by atoms with van der Waals surface area (Å²) >= 11 is 0. The minimum Gasteiger partial charge on any atom is -0.365 e. The van der Waals surface area contributed by atoms with Gasteiger partial charge in [0.25, 0.3) is 0 Å². The van der Waals surface area contributed by atoms with Crippen molar-refractivity contribution in [2.75, 3.05) is 5.32 Å². The largest absolute Gasteiger partial charge is 0.365 e. The van der Waals surface area contributed by atoms with E-state index in [1.54, 1.807) is 0 Å². The maximum absolute atomic E-state index is 4.28. The molecule has 1 N–H and O–H groups in total. The molecule has 3 rings (SSSR count). The maximum Gasteiger partial charge on any atom is 0.156 e. The van der Waals surface area contributed by atoms with Gasteiger partial charge in [-0.25, -0.2) is 0 Å². The number of rotatable bonds is 2. The van der Waals surface area contributed by atoms with Crippen LogP contribution in [0.1, 0.15) is 18.5 Å². The van der Waals surface area contributed by atoms with E-state index in [9.17, 15) is 0 Å². The predicted molar refractivity (Wildman–Crippen MR) is 70.1 cm³/mol. The summed E-state index contributed by atoms with van der Waals surface area (Å²) in [5.74, 6) is 0.903. The van der Waals surface area contributed by atoms with Gasteiger partial charge in [0, 0.05) is 16.8 Å². The lowest BCUT2D eigenvalue weighted by Crippen LogP contribution is -2.16. The van der Waals surface area contributed by atoms with E-state index in [1.807, 2.05) is 19.1 Å². The zero-order valence-electron chi connectivity index (χ0n) is 9.85. The fourth-order valence-corrected chi connectivity index (χ4v) is 2.27. The summed E-state index contributed by atoms with van der Waals surface area (Å²) in [5, 5.41) is 14.3. The van der Waals surface area contributed by atoms with E-state index in [4.69, 9.17) is 0 Å². The molecule has 0 saturated carbocycles. The fraction of sp³-hybridized carbons (Fsp3) is 0.286. The number of hydrogen-bond donors (Lipinski definition) is 1. The lowest BCUT2D eigenvalue weighted by Gasteiger charge is -2.14. The molecule has 0 amide bonds. The van der Waals surface area contributed by atoms with Gasteiger partial charge in [-0.3, -0.25) is 0 Å². The zero-order valence-corrected chi connectivity index (χ0v) is 9.85. The number of anilines is 1. The normalized spacial score (nSPS) is 15.6. The Morgan fingerprint density at radius 3 is 2.53 bits per heavy atom. The SMILES string of the molecule is Cc1nnc(NC2CC=CC2)c2ccccc12. The Bertz CT molecular complexity index is 567. The third-order valence-electron chi connectivity index (χ3n) is 3.22. The molecule has 1 aliphatic carbocycles. The van der Waals surface area contributed by atoms with Crippen molar-refractivity contribution < 1.29 is 0 Å². The fourth-order valence-electron chi connectivity index (χ4n) is 2.27. The number of nitrogens with one attached hydrogen (secondary N) is 1. The molecule has 17 heavy (non-hydrogen) atoms. The summed E-state index contributed by atoms with van der Waals surface area (Å²) < 4.78 is 0. The molecule has 0 fully saturated rings. The molecule has 0 radical (unpaired) electrons. The van der Waals surface area contributed by atoms with Crippen molar-refractivity contribution in [1.82, 2.24) is 10.2 Å². The molecule has 1 heterocycles. The molecule has 0 unspecified atom stereocenters. The number of aromatic nitrogens is 2. The minimum absolute atomic E-state index is 0.468. The Kier molecular flexibility index (Phi) is 2.52. The van der Waals surface area contributed by atoms with Crippen LogP contribution in [-0.2, 0) is 0 Å². The average Bonchev–Trinajstić information content (AvgIpc) is 2.86. The van der Waals surface area contributed by atoms with Crippen LogP contribution in [0.3, 0.4) is 0 Å². The van der Waals surface area contributed by atoms with E-state index in [0.717, 1.165) is 29.7 Å². The number of fused-ring (bicyclic) bond motifs is 1. The first-order valence-electron chi connectivity index (χ1n) is 5.98. The summed E-state index contributed by atoms with van der Waals surface area (Å²) in [4.78, 5) is 0. The lowest BCUT2D eigenvalue weighted by molar-refractivity contribution is 0.776. The van der Waals surface area contributed by atoms with Crippen LogP contribution < -0.4 is 5.32 Å². The van der Waals surface area contributed by atoms with E-state index in [2.05, 4.69) is 39.8 Å². The van der Waals surface area contributed by atoms with Crippen molar-refractivity contribution in [3.05, 3.63) is 42.1 Å². The second-order valence-corrected chi connectivity index (χ2v) is 4.46. The van der Waals surface area contributed by atoms with Crippen LogP contribution in [0.5, 0.6) is 0 Å². The third kappa shape index (κ3) is 1.88. The van der Waals surface area contributed by atoms with Crippen LogP contribution >= 0.6 is 0 Å². The first kappa shape index (κ1) is 10.3. The van der Waals surface area contributed by atoms with Crippen LogP contribution in [0.15, 0.2) is 36.4 Å². The van der Waals surface area contributed by atoms with Crippen molar-refractivity contribution in [2.24, 2.45) is 0 Å². The highest BCUT2D eigenvalue weighted by molar-refractivity contribution is 5.92. The van der Waals surface area contributed by atoms with Crippen molar-refractivity contribution in [3.63, 3.8) is 0 Å². The molecule has 86 valence electrons. The smallest absolute Gasteiger partial charge is 0.156 e. The maximum atomic E-state index is 4.28. The molecule has 0 saturated heterocycles. The highest BCUT2D eigenvalue weighted by Crippen LogP contribution is 2.24. The Labute approximate surface area is 101 Å². The van der Waals surface area contributed by atoms with Gasteiger partial charge >= 0.3 is 0 Å². The van der Waals surface area contributed by atoms with Gasteiger partial charge in [0.05, 0.1) is 5.69 Å². The Hall–Kier alpha value is -1.90. The number of benzene rings is 1. The topological polar surface area (TPSA) is 37.8 Å². The number of nitrogens with zero attached hydrogens (tertiary/aromatic N) is 2. The second kappa shape index (κ2) is 4.17. The molecule has 1 aromatic carbocycles. The Morgan fingerprint density at radius 2 is 1.76 bits per heavy atom. The summed E-state index contributed by atoms with van der Waals surface area (Å²) in [6, 6.07) is 8.74. The van der Waals surface area contributed by atoms with Crippen molar-refractivity contribution >= 4 is 16.6 Å². The van der Waals surface area contributed by atoms with Gasteiger partial charge in [-0.2, -0.15) is 5.10 Å². The van der Waals surface area contributed by atoms with Crippen molar-refractivity contribution in [1.29, 1.82) is 0 Å². The quantitative estimate of drug-likeness (QED) is 0.798. The summed E-state index contributed by atoms with van der Waals surface area (Å²) in [6.45, 7) is 2.00.